The van der Waals surface area contributed by atoms with Crippen molar-refractivity contribution in [2.24, 2.45) is 0 Å². The zero-order chi connectivity index (χ0) is 13.2. The number of phenolic OH excluding ortho intramolecular Hbond substituents is 1. The van der Waals surface area contributed by atoms with Crippen molar-refractivity contribution in [1.82, 2.24) is 10.3 Å². The molecule has 3 aromatic rings. The van der Waals surface area contributed by atoms with Gasteiger partial charge >= 0.3 is 0 Å². The van der Waals surface area contributed by atoms with Gasteiger partial charge in [-0.25, -0.2) is 4.63 Å². The Morgan fingerprint density at radius 3 is 2.95 bits per heavy atom. The molecule has 0 saturated carbocycles. The van der Waals surface area contributed by atoms with Crippen molar-refractivity contribution in [2.75, 3.05) is 4.72 Å². The summed E-state index contributed by atoms with van der Waals surface area (Å²) in [7, 11) is 0. The van der Waals surface area contributed by atoms with Crippen LogP contribution < -0.4 is 4.72 Å². The second kappa shape index (κ2) is 4.99. The zero-order valence-corrected chi connectivity index (χ0v) is 11.1. The second-order valence-corrected chi connectivity index (χ2v) is 5.01. The second-order valence-electron chi connectivity index (χ2n) is 3.76. The van der Waals surface area contributed by atoms with Gasteiger partial charge in [0, 0.05) is 5.69 Å². The fourth-order valence-electron chi connectivity index (χ4n) is 1.55. The summed E-state index contributed by atoms with van der Waals surface area (Å²) in [6.07, 6.45) is 0. The van der Waals surface area contributed by atoms with Gasteiger partial charge in [0.15, 0.2) is 5.52 Å². The predicted molar refractivity (Wildman–Crippen MR) is 74.4 cm³/mol. The number of nitrogens with zero attached hydrogens (tertiary/aromatic N) is 2. The molecule has 0 saturated heterocycles. The first-order valence-corrected chi connectivity index (χ1v) is 6.56. The molecular weight excluding hydrogens is 286 g/mol. The Morgan fingerprint density at radius 1 is 1.21 bits per heavy atom. The highest BCUT2D eigenvalue weighted by atomic mass is 35.5. The van der Waals surface area contributed by atoms with Crippen molar-refractivity contribution in [3.8, 4) is 5.75 Å². The van der Waals surface area contributed by atoms with Crippen molar-refractivity contribution in [3.63, 3.8) is 0 Å². The van der Waals surface area contributed by atoms with Crippen LogP contribution >= 0.6 is 23.5 Å². The molecule has 0 bridgehead atoms. The van der Waals surface area contributed by atoms with Gasteiger partial charge in [0.25, 0.3) is 0 Å². The molecule has 5 nitrogen and oxygen atoms in total. The standard InChI is InChI=1S/C12H8ClN3O2S/c13-8-6-7(4-5-10(8)17)16-19-11-3-1-2-9-12(11)15-18-14-9/h1-6,16-17H. The van der Waals surface area contributed by atoms with E-state index in [4.69, 9.17) is 16.2 Å². The molecule has 0 aliphatic rings. The number of hydrogen-bond acceptors (Lipinski definition) is 6. The molecule has 0 atom stereocenters. The molecule has 2 aromatic carbocycles. The first-order valence-electron chi connectivity index (χ1n) is 5.37. The molecule has 96 valence electrons. The number of aromatic nitrogens is 2. The Balaban J connectivity index is 1.82. The normalized spacial score (nSPS) is 10.8. The lowest BCUT2D eigenvalue weighted by Gasteiger charge is -2.06. The number of hydrogen-bond donors (Lipinski definition) is 2. The molecule has 0 spiro atoms. The smallest absolute Gasteiger partial charge is 0.150 e. The van der Waals surface area contributed by atoms with Gasteiger partial charge in [-0.3, -0.25) is 0 Å². The Labute approximate surface area is 117 Å². The van der Waals surface area contributed by atoms with Crippen LogP contribution in [0.3, 0.4) is 0 Å². The van der Waals surface area contributed by atoms with Crippen LogP contribution in [0, 0.1) is 0 Å². The van der Waals surface area contributed by atoms with E-state index >= 15 is 0 Å². The number of rotatable bonds is 3. The van der Waals surface area contributed by atoms with Gasteiger partial charge in [-0.2, -0.15) is 0 Å². The number of nitrogens with one attached hydrogen (secondary N) is 1. The third kappa shape index (κ3) is 2.45. The van der Waals surface area contributed by atoms with Crippen molar-refractivity contribution >= 4 is 40.3 Å². The van der Waals surface area contributed by atoms with Gasteiger partial charge in [0.05, 0.1) is 9.92 Å². The highest BCUT2D eigenvalue weighted by Crippen LogP contribution is 2.30. The first-order chi connectivity index (χ1) is 9.24. The van der Waals surface area contributed by atoms with E-state index in [1.807, 2.05) is 18.2 Å². The minimum absolute atomic E-state index is 0.0556. The van der Waals surface area contributed by atoms with Crippen LogP contribution in [-0.2, 0) is 0 Å². The van der Waals surface area contributed by atoms with Gasteiger partial charge in [-0.1, -0.05) is 17.7 Å². The molecule has 0 radical (unpaired) electrons. The maximum Gasteiger partial charge on any atom is 0.150 e. The lowest BCUT2D eigenvalue weighted by atomic mass is 10.3. The van der Waals surface area contributed by atoms with Gasteiger partial charge in [-0.15, -0.1) is 0 Å². The first kappa shape index (κ1) is 12.1. The molecular formula is C12H8ClN3O2S. The Bertz CT molecular complexity index is 732. The highest BCUT2D eigenvalue weighted by molar-refractivity contribution is 8.00. The monoisotopic (exact) mass is 293 g/mol. The van der Waals surface area contributed by atoms with E-state index in [1.165, 1.54) is 18.0 Å². The number of anilines is 1. The van der Waals surface area contributed by atoms with E-state index in [1.54, 1.807) is 12.1 Å². The summed E-state index contributed by atoms with van der Waals surface area (Å²) in [4.78, 5) is 0.892. The molecule has 1 heterocycles. The van der Waals surface area contributed by atoms with Crippen molar-refractivity contribution in [3.05, 3.63) is 41.4 Å². The number of fused-ring (bicyclic) bond motifs is 1. The van der Waals surface area contributed by atoms with Crippen molar-refractivity contribution < 1.29 is 9.74 Å². The summed E-state index contributed by atoms with van der Waals surface area (Å²) in [5.74, 6) is 0.0556. The summed E-state index contributed by atoms with van der Waals surface area (Å²) in [6.45, 7) is 0. The van der Waals surface area contributed by atoms with Gasteiger partial charge in [-0.05, 0) is 52.6 Å². The number of phenols is 1. The largest absolute Gasteiger partial charge is 0.506 e. The highest BCUT2D eigenvalue weighted by Gasteiger charge is 2.07. The Hall–Kier alpha value is -1.92. The quantitative estimate of drug-likeness (QED) is 0.567. The summed E-state index contributed by atoms with van der Waals surface area (Å²) < 4.78 is 7.82. The van der Waals surface area contributed by atoms with Crippen LogP contribution in [0.4, 0.5) is 5.69 Å². The van der Waals surface area contributed by atoms with Crippen LogP contribution in [0.2, 0.25) is 5.02 Å². The average molecular weight is 294 g/mol. The fraction of sp³-hybridized carbons (Fsp3) is 0. The average Bonchev–Trinajstić information content (AvgIpc) is 2.89. The minimum atomic E-state index is 0.0556. The number of halogens is 1. The number of aromatic hydroxyl groups is 1. The van der Waals surface area contributed by atoms with Crippen LogP contribution in [0.15, 0.2) is 45.9 Å². The van der Waals surface area contributed by atoms with E-state index in [-0.39, 0.29) is 5.75 Å². The summed E-state index contributed by atoms with van der Waals surface area (Å²) in [5, 5.41) is 17.3. The summed E-state index contributed by atoms with van der Waals surface area (Å²) >= 11 is 7.21. The Morgan fingerprint density at radius 2 is 2.11 bits per heavy atom. The van der Waals surface area contributed by atoms with Crippen molar-refractivity contribution in [1.29, 1.82) is 0 Å². The van der Waals surface area contributed by atoms with E-state index in [2.05, 4.69) is 15.0 Å². The maximum atomic E-state index is 9.35. The van der Waals surface area contributed by atoms with Crippen LogP contribution in [0.1, 0.15) is 0 Å². The number of benzene rings is 2. The molecule has 0 aliphatic carbocycles. The maximum absolute atomic E-state index is 9.35. The SMILES string of the molecule is Oc1ccc(NSc2cccc3nonc23)cc1Cl. The molecule has 19 heavy (non-hydrogen) atoms. The van der Waals surface area contributed by atoms with Crippen LogP contribution in [0.5, 0.6) is 5.75 Å². The van der Waals surface area contributed by atoms with E-state index in [9.17, 15) is 5.11 Å². The van der Waals surface area contributed by atoms with E-state index in [0.29, 0.717) is 16.1 Å². The third-order valence-corrected chi connectivity index (χ3v) is 3.67. The molecule has 3 rings (SSSR count). The molecule has 1 aromatic heterocycles. The lowest BCUT2D eigenvalue weighted by molar-refractivity contribution is 0.315. The molecule has 0 amide bonds. The van der Waals surface area contributed by atoms with E-state index < -0.39 is 0 Å². The summed E-state index contributed by atoms with van der Waals surface area (Å²) in [5.41, 5.74) is 2.18. The predicted octanol–water partition coefficient (Wildman–Crippen LogP) is 3.70. The van der Waals surface area contributed by atoms with Gasteiger partial charge in [0.1, 0.15) is 11.3 Å². The van der Waals surface area contributed by atoms with E-state index in [0.717, 1.165) is 10.6 Å². The molecule has 7 heteroatoms. The summed E-state index contributed by atoms with van der Waals surface area (Å²) in [6, 6.07) is 10.5. The lowest BCUT2D eigenvalue weighted by Crippen LogP contribution is -1.87. The minimum Gasteiger partial charge on any atom is -0.506 e. The van der Waals surface area contributed by atoms with Gasteiger partial charge in [0.2, 0.25) is 0 Å². The Kier molecular flexibility index (Phi) is 3.18. The van der Waals surface area contributed by atoms with Crippen molar-refractivity contribution in [2.45, 2.75) is 4.90 Å². The molecule has 0 fully saturated rings. The molecule has 2 N–H and O–H groups in total. The topological polar surface area (TPSA) is 71.2 Å². The molecule has 0 aliphatic heterocycles. The third-order valence-electron chi connectivity index (χ3n) is 2.48. The zero-order valence-electron chi connectivity index (χ0n) is 9.50. The van der Waals surface area contributed by atoms with Crippen LogP contribution in [0.25, 0.3) is 11.0 Å². The van der Waals surface area contributed by atoms with Gasteiger partial charge < -0.3 is 9.83 Å². The molecule has 0 unspecified atom stereocenters. The van der Waals surface area contributed by atoms with Crippen LogP contribution in [-0.4, -0.2) is 15.4 Å². The fourth-order valence-corrected chi connectivity index (χ4v) is 2.47.